The van der Waals surface area contributed by atoms with E-state index in [0.717, 1.165) is 28.0 Å². The Morgan fingerprint density at radius 1 is 0.871 bits per heavy atom. The maximum Gasteiger partial charge on any atom is 0.205 e. The molecular weight excluding hydrogens is 384 g/mol. The Labute approximate surface area is 183 Å². The molecule has 2 aromatic carbocycles. The van der Waals surface area contributed by atoms with E-state index >= 15 is 0 Å². The van der Waals surface area contributed by atoms with Gasteiger partial charge in [-0.15, -0.1) is 0 Å². The number of imidazole rings is 1. The molecule has 0 aliphatic carbocycles. The molecule has 2 N–H and O–H groups in total. The van der Waals surface area contributed by atoms with Crippen LogP contribution >= 0.6 is 0 Å². The normalized spacial score (nSPS) is 12.2. The summed E-state index contributed by atoms with van der Waals surface area (Å²) in [6.45, 7) is 13.2. The number of benzene rings is 2. The molecule has 2 heterocycles. The highest BCUT2D eigenvalue weighted by atomic mass is 16.5. The summed E-state index contributed by atoms with van der Waals surface area (Å²) in [6.07, 6.45) is 3.48. The van der Waals surface area contributed by atoms with E-state index in [1.54, 1.807) is 12.4 Å². The number of para-hydroxylation sites is 1. The number of rotatable bonds is 4. The first-order valence-electron chi connectivity index (χ1n) is 10.6. The molecule has 0 saturated carbocycles. The first kappa shape index (κ1) is 20.9. The standard InChI is InChI=1S/C26H30N4O/c1-25(2,3)17-11-12-19-20(15-17)29-24(28-19)30-21-16-27-14-13-23(21)31-22-10-8-7-9-18(22)26(4,5)6/h7-16H,1-6H3,(H2,28,29,30). The van der Waals surface area contributed by atoms with Gasteiger partial charge in [0, 0.05) is 17.8 Å². The number of nitrogens with one attached hydrogen (secondary N) is 2. The summed E-state index contributed by atoms with van der Waals surface area (Å²) in [5, 5.41) is 3.34. The van der Waals surface area contributed by atoms with Crippen molar-refractivity contribution >= 4 is 22.7 Å². The van der Waals surface area contributed by atoms with Gasteiger partial charge in [-0.05, 0) is 34.6 Å². The molecule has 5 heteroatoms. The minimum absolute atomic E-state index is 0.0271. The van der Waals surface area contributed by atoms with Gasteiger partial charge in [0.1, 0.15) is 11.4 Å². The van der Waals surface area contributed by atoms with Crippen LogP contribution in [0, 0.1) is 0 Å². The molecule has 0 radical (unpaired) electrons. The Morgan fingerprint density at radius 3 is 2.39 bits per heavy atom. The summed E-state index contributed by atoms with van der Waals surface area (Å²) in [7, 11) is 0. The van der Waals surface area contributed by atoms with Gasteiger partial charge in [-0.1, -0.05) is 65.8 Å². The topological polar surface area (TPSA) is 62.8 Å². The Hall–Kier alpha value is -3.34. The molecular formula is C26H30N4O. The first-order valence-corrected chi connectivity index (χ1v) is 10.6. The van der Waals surface area contributed by atoms with E-state index in [2.05, 4.69) is 86.1 Å². The molecule has 4 aromatic rings. The molecule has 31 heavy (non-hydrogen) atoms. The molecule has 0 spiro atoms. The van der Waals surface area contributed by atoms with E-state index in [-0.39, 0.29) is 10.8 Å². The minimum atomic E-state index is -0.0271. The third kappa shape index (κ3) is 4.55. The van der Waals surface area contributed by atoms with Gasteiger partial charge in [-0.25, -0.2) is 4.98 Å². The summed E-state index contributed by atoms with van der Waals surface area (Å²) >= 11 is 0. The lowest BCUT2D eigenvalue weighted by molar-refractivity contribution is 0.456. The second kappa shape index (κ2) is 7.73. The number of aromatic amines is 1. The van der Waals surface area contributed by atoms with Crippen molar-refractivity contribution in [2.45, 2.75) is 52.4 Å². The van der Waals surface area contributed by atoms with Crippen LogP contribution in [0.3, 0.4) is 0 Å². The van der Waals surface area contributed by atoms with Crippen LogP contribution in [0.5, 0.6) is 11.5 Å². The summed E-state index contributed by atoms with van der Waals surface area (Å²) in [4.78, 5) is 12.3. The quantitative estimate of drug-likeness (QED) is 0.374. The van der Waals surface area contributed by atoms with Crippen LogP contribution in [0.25, 0.3) is 11.0 Å². The molecule has 0 aliphatic heterocycles. The highest BCUT2D eigenvalue weighted by molar-refractivity contribution is 5.80. The van der Waals surface area contributed by atoms with E-state index in [1.807, 2.05) is 24.3 Å². The zero-order valence-corrected chi connectivity index (χ0v) is 19.1. The molecule has 4 rings (SSSR count). The molecule has 2 aromatic heterocycles. The second-order valence-corrected chi connectivity index (χ2v) is 9.91. The summed E-state index contributed by atoms with van der Waals surface area (Å²) in [5.41, 5.74) is 5.13. The minimum Gasteiger partial charge on any atom is -0.455 e. The number of pyridine rings is 1. The highest BCUT2D eigenvalue weighted by Crippen LogP contribution is 2.37. The van der Waals surface area contributed by atoms with Crippen molar-refractivity contribution in [1.29, 1.82) is 0 Å². The SMILES string of the molecule is CC(C)(C)c1ccc2nc(Nc3cnccc3Oc3ccccc3C(C)(C)C)[nH]c2c1. The van der Waals surface area contributed by atoms with E-state index in [0.29, 0.717) is 11.7 Å². The van der Waals surface area contributed by atoms with Crippen molar-refractivity contribution < 1.29 is 4.74 Å². The van der Waals surface area contributed by atoms with Crippen LogP contribution in [-0.2, 0) is 10.8 Å². The average molecular weight is 415 g/mol. The van der Waals surface area contributed by atoms with Crippen molar-refractivity contribution in [3.63, 3.8) is 0 Å². The third-order valence-corrected chi connectivity index (χ3v) is 5.30. The van der Waals surface area contributed by atoms with Crippen LogP contribution in [0.2, 0.25) is 0 Å². The molecule has 0 amide bonds. The van der Waals surface area contributed by atoms with E-state index in [9.17, 15) is 0 Å². The predicted octanol–water partition coefficient (Wildman–Crippen LogP) is 7.09. The van der Waals surface area contributed by atoms with Gasteiger partial charge in [0.05, 0.1) is 17.2 Å². The second-order valence-electron chi connectivity index (χ2n) is 9.91. The molecule has 0 unspecified atom stereocenters. The van der Waals surface area contributed by atoms with Crippen LogP contribution in [0.4, 0.5) is 11.6 Å². The molecule has 0 bridgehead atoms. The van der Waals surface area contributed by atoms with Crippen LogP contribution in [0.1, 0.15) is 52.7 Å². The van der Waals surface area contributed by atoms with Crippen molar-refractivity contribution in [3.05, 3.63) is 72.1 Å². The van der Waals surface area contributed by atoms with Gasteiger partial charge in [0.25, 0.3) is 0 Å². The summed E-state index contributed by atoms with van der Waals surface area (Å²) in [5.74, 6) is 2.19. The van der Waals surface area contributed by atoms with Crippen LogP contribution in [0.15, 0.2) is 60.9 Å². The maximum absolute atomic E-state index is 6.33. The van der Waals surface area contributed by atoms with Gasteiger partial charge in [0.2, 0.25) is 5.95 Å². The Morgan fingerprint density at radius 2 is 1.65 bits per heavy atom. The zero-order chi connectivity index (χ0) is 22.2. The fourth-order valence-electron chi connectivity index (χ4n) is 3.52. The van der Waals surface area contributed by atoms with E-state index in [1.165, 1.54) is 5.56 Å². The fourth-order valence-corrected chi connectivity index (χ4v) is 3.52. The lowest BCUT2D eigenvalue weighted by Crippen LogP contribution is -2.12. The number of nitrogens with zero attached hydrogens (tertiary/aromatic N) is 2. The van der Waals surface area contributed by atoms with Gasteiger partial charge in [0.15, 0.2) is 5.75 Å². The monoisotopic (exact) mass is 414 g/mol. The van der Waals surface area contributed by atoms with Crippen LogP contribution < -0.4 is 10.1 Å². The number of H-pyrrole nitrogens is 1. The van der Waals surface area contributed by atoms with Crippen LogP contribution in [-0.4, -0.2) is 15.0 Å². The summed E-state index contributed by atoms with van der Waals surface area (Å²) in [6, 6.07) is 16.3. The van der Waals surface area contributed by atoms with Gasteiger partial charge in [-0.2, -0.15) is 0 Å². The number of aromatic nitrogens is 3. The zero-order valence-electron chi connectivity index (χ0n) is 19.1. The lowest BCUT2D eigenvalue weighted by Gasteiger charge is -2.23. The molecule has 0 atom stereocenters. The predicted molar refractivity (Wildman–Crippen MR) is 128 cm³/mol. The number of anilines is 2. The largest absolute Gasteiger partial charge is 0.455 e. The molecule has 5 nitrogen and oxygen atoms in total. The Bertz CT molecular complexity index is 1210. The maximum atomic E-state index is 6.33. The average Bonchev–Trinajstić information content (AvgIpc) is 3.10. The summed E-state index contributed by atoms with van der Waals surface area (Å²) < 4.78 is 6.33. The number of ether oxygens (including phenoxy) is 1. The molecule has 0 aliphatic rings. The van der Waals surface area contributed by atoms with Crippen molar-refractivity contribution in [1.82, 2.24) is 15.0 Å². The highest BCUT2D eigenvalue weighted by Gasteiger charge is 2.20. The van der Waals surface area contributed by atoms with Gasteiger partial charge >= 0.3 is 0 Å². The van der Waals surface area contributed by atoms with E-state index in [4.69, 9.17) is 4.74 Å². The molecule has 0 saturated heterocycles. The Kier molecular flexibility index (Phi) is 5.21. The van der Waals surface area contributed by atoms with Crippen molar-refractivity contribution in [2.24, 2.45) is 0 Å². The van der Waals surface area contributed by atoms with Gasteiger partial charge in [-0.3, -0.25) is 4.98 Å². The Balaban J connectivity index is 1.65. The number of fused-ring (bicyclic) bond motifs is 1. The number of hydrogen-bond acceptors (Lipinski definition) is 4. The smallest absolute Gasteiger partial charge is 0.205 e. The molecule has 160 valence electrons. The van der Waals surface area contributed by atoms with Crippen molar-refractivity contribution in [2.75, 3.05) is 5.32 Å². The number of hydrogen-bond donors (Lipinski definition) is 2. The fraction of sp³-hybridized carbons (Fsp3) is 0.308. The first-order chi connectivity index (χ1) is 14.6. The van der Waals surface area contributed by atoms with Crippen molar-refractivity contribution in [3.8, 4) is 11.5 Å². The van der Waals surface area contributed by atoms with Gasteiger partial charge < -0.3 is 15.0 Å². The molecule has 0 fully saturated rings. The lowest BCUT2D eigenvalue weighted by atomic mass is 9.86. The van der Waals surface area contributed by atoms with E-state index < -0.39 is 0 Å². The third-order valence-electron chi connectivity index (χ3n) is 5.30.